The molecule has 1 atom stereocenters. The number of benzene rings is 3. The van der Waals surface area contributed by atoms with Gasteiger partial charge in [-0.05, 0) is 40.6 Å². The number of halogens is 1. The number of allylic oxidation sites excluding steroid dienone is 1. The zero-order chi connectivity index (χ0) is 27.0. The fraction of sp³-hybridized carbons (Fsp3) is 0.0714. The van der Waals surface area contributed by atoms with Crippen molar-refractivity contribution in [3.05, 3.63) is 103 Å². The van der Waals surface area contributed by atoms with E-state index in [1.165, 1.54) is 31.4 Å². The highest BCUT2D eigenvalue weighted by Crippen LogP contribution is 2.36. The molecular weight excluding hydrogens is 507 g/mol. The fourth-order valence-electron chi connectivity index (χ4n) is 4.39. The highest BCUT2D eigenvalue weighted by Gasteiger charge is 2.35. The third kappa shape index (κ3) is 4.25. The highest BCUT2D eigenvalue weighted by molar-refractivity contribution is 7.07. The minimum absolute atomic E-state index is 0.0251. The summed E-state index contributed by atoms with van der Waals surface area (Å²) >= 11 is 0.872. The van der Waals surface area contributed by atoms with Gasteiger partial charge in [-0.25, -0.2) is 9.18 Å². The predicted molar refractivity (Wildman–Crippen MR) is 142 cm³/mol. The molecule has 0 aliphatic carbocycles. The van der Waals surface area contributed by atoms with Crippen LogP contribution in [0.25, 0.3) is 28.2 Å². The minimum atomic E-state index is -0.995. The molecule has 0 spiro atoms. The lowest BCUT2D eigenvalue weighted by Crippen LogP contribution is -2.40. The molecule has 1 aliphatic heterocycles. The summed E-state index contributed by atoms with van der Waals surface area (Å²) in [6.45, 7) is 0. The van der Waals surface area contributed by atoms with E-state index in [4.69, 9.17) is 5.73 Å². The summed E-state index contributed by atoms with van der Waals surface area (Å²) in [5, 5.41) is 14.8. The normalized spacial score (nSPS) is 15.2. The van der Waals surface area contributed by atoms with Crippen LogP contribution >= 0.6 is 11.3 Å². The van der Waals surface area contributed by atoms with E-state index < -0.39 is 29.2 Å². The molecule has 5 rings (SSSR count). The number of anilines is 1. The summed E-state index contributed by atoms with van der Waals surface area (Å²) in [5.74, 6) is -3.02. The topological polar surface area (TPSA) is 127 Å². The van der Waals surface area contributed by atoms with E-state index in [0.29, 0.717) is 11.3 Å². The summed E-state index contributed by atoms with van der Waals surface area (Å²) in [7, 11) is 1.17. The average Bonchev–Trinajstić information content (AvgIpc) is 3.24. The highest BCUT2D eigenvalue weighted by atomic mass is 32.1. The lowest BCUT2D eigenvalue weighted by atomic mass is 9.83. The molecule has 0 bridgehead atoms. The number of nitriles is 1. The number of nitrogens with one attached hydrogen (secondary N) is 1. The van der Waals surface area contributed by atoms with Crippen molar-refractivity contribution in [1.82, 2.24) is 4.57 Å². The first-order valence-corrected chi connectivity index (χ1v) is 12.2. The maximum atomic E-state index is 13.9. The first kappa shape index (κ1) is 24.7. The summed E-state index contributed by atoms with van der Waals surface area (Å²) in [6.07, 6.45) is 1.00. The predicted octanol–water partition coefficient (Wildman–Crippen LogP) is 2.39. The molecule has 4 aromatic rings. The molecule has 10 heteroatoms. The molecule has 0 radical (unpaired) electrons. The Morgan fingerprint density at radius 1 is 1.13 bits per heavy atom. The molecule has 0 fully saturated rings. The third-order valence-electron chi connectivity index (χ3n) is 6.17. The van der Waals surface area contributed by atoms with E-state index in [2.05, 4.69) is 10.1 Å². The maximum Gasteiger partial charge on any atom is 0.332 e. The second-order valence-corrected chi connectivity index (χ2v) is 9.44. The Kier molecular flexibility index (Phi) is 6.36. The van der Waals surface area contributed by atoms with Crippen LogP contribution in [0.3, 0.4) is 0 Å². The van der Waals surface area contributed by atoms with Gasteiger partial charge in [0.2, 0.25) is 0 Å². The zero-order valence-corrected chi connectivity index (χ0v) is 20.7. The average molecular weight is 527 g/mol. The van der Waals surface area contributed by atoms with Crippen molar-refractivity contribution in [2.75, 3.05) is 12.4 Å². The number of nitrogens with zero attached hydrogens (tertiary/aromatic N) is 2. The van der Waals surface area contributed by atoms with Crippen LogP contribution < -0.4 is 25.8 Å². The van der Waals surface area contributed by atoms with Crippen molar-refractivity contribution < 1.29 is 18.7 Å². The number of rotatable bonds is 4. The Labute approximate surface area is 219 Å². The number of hydrogen-bond acceptors (Lipinski definition) is 7. The molecule has 8 nitrogen and oxygen atoms in total. The summed E-state index contributed by atoms with van der Waals surface area (Å²) in [6, 6.07) is 20.4. The first-order chi connectivity index (χ1) is 18.3. The van der Waals surface area contributed by atoms with Crippen molar-refractivity contribution >= 4 is 57.1 Å². The first-order valence-electron chi connectivity index (χ1n) is 11.3. The van der Waals surface area contributed by atoms with Gasteiger partial charge in [0.25, 0.3) is 11.5 Å². The van der Waals surface area contributed by atoms with E-state index in [1.807, 2.05) is 36.4 Å². The standard InChI is InChI=1S/C28H19FN4O4S/c1-37-22(34)13-21-27(36)33-25(31)20(14-30)23(16-6-9-18(29)10-7-16)24(28(33)38-21)26(35)32-19-11-8-15-4-2-3-5-17(15)12-19/h2-13,23H,31H2,1H3,(H,32,35)/b21-13-/t23-/m0/s1. The SMILES string of the molecule is COC(=O)/C=c1\sc2n(c1=O)C(N)=C(C#N)[C@H](c1ccc(F)cc1)C=2C(=O)Nc1ccc2ccccc2c1. The van der Waals surface area contributed by atoms with Gasteiger partial charge in [-0.15, -0.1) is 11.3 Å². The number of hydrogen-bond donors (Lipinski definition) is 2. The molecule has 3 aromatic carbocycles. The molecule has 1 aromatic heterocycles. The molecular formula is C28H19FN4O4S. The number of esters is 1. The monoisotopic (exact) mass is 526 g/mol. The number of fused-ring (bicyclic) bond motifs is 2. The van der Waals surface area contributed by atoms with E-state index in [0.717, 1.165) is 32.8 Å². The van der Waals surface area contributed by atoms with Gasteiger partial charge in [0.05, 0.1) is 30.2 Å². The number of nitrogens with two attached hydrogens (primary N) is 1. The van der Waals surface area contributed by atoms with Crippen molar-refractivity contribution in [2.45, 2.75) is 5.92 Å². The van der Waals surface area contributed by atoms with Gasteiger partial charge in [0, 0.05) is 11.8 Å². The molecule has 188 valence electrons. The molecule has 1 aliphatic rings. The van der Waals surface area contributed by atoms with Crippen LogP contribution in [0.1, 0.15) is 11.5 Å². The third-order valence-corrected chi connectivity index (χ3v) is 7.28. The van der Waals surface area contributed by atoms with Gasteiger partial charge < -0.3 is 15.8 Å². The number of carbonyl (C=O) groups is 2. The van der Waals surface area contributed by atoms with Crippen molar-refractivity contribution in [3.63, 3.8) is 0 Å². The molecule has 0 saturated carbocycles. The van der Waals surface area contributed by atoms with Gasteiger partial charge >= 0.3 is 5.97 Å². The number of methoxy groups -OCH3 is 1. The lowest BCUT2D eigenvalue weighted by molar-refractivity contribution is -0.133. The quantitative estimate of drug-likeness (QED) is 0.393. The van der Waals surface area contributed by atoms with Gasteiger partial charge in [0.15, 0.2) is 0 Å². The number of amides is 1. The lowest BCUT2D eigenvalue weighted by Gasteiger charge is -2.25. The Morgan fingerprint density at radius 3 is 2.53 bits per heavy atom. The second-order valence-electron chi connectivity index (χ2n) is 8.40. The number of carbonyl (C=O) groups excluding carboxylic acids is 2. The van der Waals surface area contributed by atoms with E-state index >= 15 is 0 Å². The molecule has 3 N–H and O–H groups in total. The number of aromatic nitrogens is 1. The Balaban J connectivity index is 1.77. The smallest absolute Gasteiger partial charge is 0.332 e. The number of ether oxygens (including phenoxy) is 1. The molecule has 0 saturated heterocycles. The molecule has 0 unspecified atom stereocenters. The fourth-order valence-corrected chi connectivity index (χ4v) is 5.52. The van der Waals surface area contributed by atoms with Crippen LogP contribution in [0.15, 0.2) is 77.1 Å². The van der Waals surface area contributed by atoms with Crippen LogP contribution in [0.2, 0.25) is 0 Å². The summed E-state index contributed by atoms with van der Waals surface area (Å²) < 4.78 is 19.6. The van der Waals surface area contributed by atoms with Gasteiger partial charge in [-0.3, -0.25) is 14.2 Å². The van der Waals surface area contributed by atoms with Crippen LogP contribution in [0.5, 0.6) is 0 Å². The zero-order valence-electron chi connectivity index (χ0n) is 19.9. The van der Waals surface area contributed by atoms with Crippen molar-refractivity contribution in [2.24, 2.45) is 5.73 Å². The largest absolute Gasteiger partial charge is 0.466 e. The summed E-state index contributed by atoms with van der Waals surface area (Å²) in [5.41, 5.74) is 6.54. The van der Waals surface area contributed by atoms with Crippen LogP contribution in [-0.2, 0) is 14.3 Å². The molecule has 1 amide bonds. The Bertz CT molecular complexity index is 1880. The van der Waals surface area contributed by atoms with Gasteiger partial charge in [-0.1, -0.05) is 42.5 Å². The Hall–Kier alpha value is -5.01. The Morgan fingerprint density at radius 2 is 1.84 bits per heavy atom. The summed E-state index contributed by atoms with van der Waals surface area (Å²) in [4.78, 5) is 39.0. The molecule has 38 heavy (non-hydrogen) atoms. The van der Waals surface area contributed by atoms with Gasteiger partial charge in [0.1, 0.15) is 20.8 Å². The molecule has 2 heterocycles. The second kappa shape index (κ2) is 9.80. The van der Waals surface area contributed by atoms with Crippen LogP contribution in [0, 0.1) is 17.1 Å². The van der Waals surface area contributed by atoms with Crippen molar-refractivity contribution in [3.8, 4) is 6.07 Å². The van der Waals surface area contributed by atoms with Gasteiger partial charge in [-0.2, -0.15) is 5.26 Å². The maximum absolute atomic E-state index is 13.9. The van der Waals surface area contributed by atoms with Crippen LogP contribution in [-0.4, -0.2) is 23.6 Å². The van der Waals surface area contributed by atoms with Crippen LogP contribution in [0.4, 0.5) is 10.1 Å². The van der Waals surface area contributed by atoms with Crippen molar-refractivity contribution in [1.29, 1.82) is 5.26 Å². The minimum Gasteiger partial charge on any atom is -0.466 e. The van der Waals surface area contributed by atoms with E-state index in [1.54, 1.807) is 12.1 Å². The number of thiazole rings is 1. The van der Waals surface area contributed by atoms with E-state index in [-0.39, 0.29) is 26.2 Å². The van der Waals surface area contributed by atoms with E-state index in [9.17, 15) is 24.0 Å².